The van der Waals surface area contributed by atoms with Gasteiger partial charge in [0.05, 0.1) is 0 Å². The van der Waals surface area contributed by atoms with Gasteiger partial charge in [0.2, 0.25) is 0 Å². The third-order valence-corrected chi connectivity index (χ3v) is 14.5. The lowest BCUT2D eigenvalue weighted by Crippen LogP contribution is -2.17. The number of aryl methyl sites for hydroxylation is 1. The summed E-state index contributed by atoms with van der Waals surface area (Å²) in [6.45, 7) is 4.93. The highest BCUT2D eigenvalue weighted by atomic mass is 32.1. The Balaban J connectivity index is 0.972. The molecule has 1 atom stereocenters. The van der Waals surface area contributed by atoms with Crippen molar-refractivity contribution in [3.63, 3.8) is 0 Å². The second-order valence-corrected chi connectivity index (χ2v) is 17.7. The zero-order valence-electron chi connectivity index (χ0n) is 31.7. The van der Waals surface area contributed by atoms with Crippen LogP contribution >= 0.6 is 11.3 Å². The van der Waals surface area contributed by atoms with Crippen molar-refractivity contribution >= 4 is 75.5 Å². The Bertz CT molecular complexity index is 3180. The maximum atomic E-state index is 2.47. The SMILES string of the molecule is CC1(C)C2=CC=C(c3ccc(-c4c5ccccc5c(-c5ccc6c(c5)CCC=C6)c5ccccc45)cc3)CC2c2c1c1sc3ccccc3c1c1ccccc21. The molecule has 1 heterocycles. The van der Waals surface area contributed by atoms with E-state index in [9.17, 15) is 0 Å². The lowest BCUT2D eigenvalue weighted by Gasteiger charge is -2.27. The topological polar surface area (TPSA) is 0 Å². The zero-order chi connectivity index (χ0) is 37.1. The summed E-state index contributed by atoms with van der Waals surface area (Å²) in [5, 5.41) is 10.9. The third kappa shape index (κ3) is 4.52. The molecule has 266 valence electrons. The van der Waals surface area contributed by atoms with E-state index in [2.05, 4.69) is 178 Å². The van der Waals surface area contributed by atoms with Crippen LogP contribution < -0.4 is 0 Å². The lowest BCUT2D eigenvalue weighted by atomic mass is 9.76. The maximum absolute atomic E-state index is 2.47. The van der Waals surface area contributed by atoms with Crippen LogP contribution in [0.2, 0.25) is 0 Å². The smallest absolute Gasteiger partial charge is 0.0405 e. The van der Waals surface area contributed by atoms with Crippen LogP contribution in [0, 0.1) is 0 Å². The van der Waals surface area contributed by atoms with E-state index in [0.717, 1.165) is 19.3 Å². The van der Waals surface area contributed by atoms with Crippen LogP contribution in [-0.2, 0) is 11.8 Å². The van der Waals surface area contributed by atoms with Crippen LogP contribution in [0.4, 0.5) is 0 Å². The average Bonchev–Trinajstić information content (AvgIpc) is 3.75. The highest BCUT2D eigenvalue weighted by Gasteiger charge is 2.45. The highest BCUT2D eigenvalue weighted by molar-refractivity contribution is 7.26. The molecular weight excluding hydrogens is 693 g/mol. The first-order valence-corrected chi connectivity index (χ1v) is 21.0. The minimum atomic E-state index is -0.0422. The Morgan fingerprint density at radius 2 is 1.16 bits per heavy atom. The summed E-state index contributed by atoms with van der Waals surface area (Å²) in [7, 11) is 0. The van der Waals surface area contributed by atoms with Gasteiger partial charge in [-0.25, -0.2) is 0 Å². The van der Waals surface area contributed by atoms with Crippen molar-refractivity contribution in [2.45, 2.75) is 44.4 Å². The summed E-state index contributed by atoms with van der Waals surface area (Å²) in [4.78, 5) is 0. The van der Waals surface area contributed by atoms with Gasteiger partial charge in [-0.1, -0.05) is 177 Å². The molecule has 3 aliphatic carbocycles. The van der Waals surface area contributed by atoms with Crippen LogP contribution in [0.3, 0.4) is 0 Å². The van der Waals surface area contributed by atoms with Gasteiger partial charge in [0.25, 0.3) is 0 Å². The standard InChI is InChI=1S/C55H40S/c1-55(2)47-30-29-37(32-46(47)51-43-19-9-10-20-44(43)52-45-21-11-12-22-48(45)56-54(52)53(51)55)34-23-26-35(27-24-34)49-39-15-5-7-17-41(39)50(42-18-8-6-16-40(42)49)38-28-25-33-13-3-4-14-36(33)31-38/h3,5-13,15-31,46H,4,14,32H2,1-2H3. The predicted molar refractivity (Wildman–Crippen MR) is 243 cm³/mol. The minimum Gasteiger partial charge on any atom is -0.135 e. The molecule has 0 bridgehead atoms. The van der Waals surface area contributed by atoms with Crippen molar-refractivity contribution in [1.29, 1.82) is 0 Å². The lowest BCUT2D eigenvalue weighted by molar-refractivity contribution is 0.619. The van der Waals surface area contributed by atoms with Gasteiger partial charge < -0.3 is 0 Å². The molecule has 0 saturated heterocycles. The molecule has 12 rings (SSSR count). The maximum Gasteiger partial charge on any atom is 0.0405 e. The minimum absolute atomic E-state index is 0.0422. The van der Waals surface area contributed by atoms with Gasteiger partial charge in [0, 0.05) is 31.5 Å². The fourth-order valence-corrected chi connectivity index (χ4v) is 12.3. The van der Waals surface area contributed by atoms with Crippen LogP contribution in [0.25, 0.3) is 86.4 Å². The number of rotatable bonds is 3. The molecule has 3 aliphatic rings. The number of allylic oxidation sites excluding steroid dienone is 5. The number of hydrogen-bond acceptors (Lipinski definition) is 1. The van der Waals surface area contributed by atoms with Gasteiger partial charge in [-0.2, -0.15) is 0 Å². The Morgan fingerprint density at radius 1 is 0.571 bits per heavy atom. The van der Waals surface area contributed by atoms with Gasteiger partial charge in [0.1, 0.15) is 0 Å². The molecule has 56 heavy (non-hydrogen) atoms. The fourth-order valence-electron chi connectivity index (χ4n) is 10.8. The van der Waals surface area contributed by atoms with Crippen molar-refractivity contribution in [1.82, 2.24) is 0 Å². The first-order chi connectivity index (χ1) is 27.5. The van der Waals surface area contributed by atoms with Gasteiger partial charge >= 0.3 is 0 Å². The second kappa shape index (κ2) is 12.0. The monoisotopic (exact) mass is 732 g/mol. The van der Waals surface area contributed by atoms with E-state index in [1.807, 2.05) is 11.3 Å². The van der Waals surface area contributed by atoms with Gasteiger partial charge in [-0.15, -0.1) is 11.3 Å². The molecule has 1 aromatic heterocycles. The molecule has 8 aromatic carbocycles. The first-order valence-electron chi connectivity index (χ1n) is 20.2. The Kier molecular flexibility index (Phi) is 6.90. The number of benzene rings is 8. The first kappa shape index (κ1) is 32.2. The van der Waals surface area contributed by atoms with Crippen molar-refractivity contribution in [2.75, 3.05) is 0 Å². The van der Waals surface area contributed by atoms with Gasteiger partial charge in [-0.3, -0.25) is 0 Å². The zero-order valence-corrected chi connectivity index (χ0v) is 32.5. The van der Waals surface area contributed by atoms with E-state index in [-0.39, 0.29) is 5.41 Å². The van der Waals surface area contributed by atoms with Gasteiger partial charge in [-0.05, 0) is 113 Å². The number of thiophene rings is 1. The van der Waals surface area contributed by atoms with Crippen molar-refractivity contribution in [3.8, 4) is 22.3 Å². The quantitative estimate of drug-likeness (QED) is 0.159. The highest BCUT2D eigenvalue weighted by Crippen LogP contribution is 2.60. The Morgan fingerprint density at radius 3 is 1.88 bits per heavy atom. The predicted octanol–water partition coefficient (Wildman–Crippen LogP) is 15.6. The number of hydrogen-bond donors (Lipinski definition) is 0. The summed E-state index contributed by atoms with van der Waals surface area (Å²) < 4.78 is 2.85. The van der Waals surface area contributed by atoms with Crippen molar-refractivity contribution in [3.05, 3.63) is 191 Å². The van der Waals surface area contributed by atoms with Gasteiger partial charge in [0.15, 0.2) is 0 Å². The molecule has 0 nitrogen and oxygen atoms in total. The largest absolute Gasteiger partial charge is 0.135 e. The summed E-state index contributed by atoms with van der Waals surface area (Å²) in [5.74, 6) is 0.360. The fraction of sp³-hybridized carbons (Fsp3) is 0.127. The van der Waals surface area contributed by atoms with E-state index < -0.39 is 0 Å². The van der Waals surface area contributed by atoms with Crippen LogP contribution in [0.15, 0.2) is 163 Å². The molecule has 0 amide bonds. The van der Waals surface area contributed by atoms with E-state index in [0.29, 0.717) is 5.92 Å². The molecule has 0 spiro atoms. The van der Waals surface area contributed by atoms with E-state index >= 15 is 0 Å². The normalized spacial score (nSPS) is 17.0. The third-order valence-electron chi connectivity index (χ3n) is 13.3. The summed E-state index contributed by atoms with van der Waals surface area (Å²) in [6.07, 6.45) is 12.7. The van der Waals surface area contributed by atoms with Crippen molar-refractivity contribution in [2.24, 2.45) is 0 Å². The second-order valence-electron chi connectivity index (χ2n) is 16.6. The molecule has 9 aromatic rings. The number of fused-ring (bicyclic) bond motifs is 13. The molecule has 0 radical (unpaired) electrons. The molecule has 1 unspecified atom stereocenters. The molecule has 1 heteroatoms. The Hall–Kier alpha value is -6.02. The molecule has 0 aliphatic heterocycles. The van der Waals surface area contributed by atoms with Crippen LogP contribution in [0.1, 0.15) is 60.4 Å². The van der Waals surface area contributed by atoms with E-state index in [4.69, 9.17) is 0 Å². The molecular formula is C55H40S. The average molecular weight is 733 g/mol. The van der Waals surface area contributed by atoms with Crippen LogP contribution in [0.5, 0.6) is 0 Å². The summed E-state index contributed by atoms with van der Waals surface area (Å²) in [6, 6.07) is 52.8. The molecule has 0 fully saturated rings. The van der Waals surface area contributed by atoms with Crippen LogP contribution in [-0.4, -0.2) is 0 Å². The van der Waals surface area contributed by atoms with E-state index in [1.54, 1.807) is 16.7 Å². The van der Waals surface area contributed by atoms with E-state index in [1.165, 1.54) is 97.0 Å². The van der Waals surface area contributed by atoms with Crippen molar-refractivity contribution < 1.29 is 0 Å². The molecule has 0 saturated carbocycles. The molecule has 0 N–H and O–H groups in total. The Labute approximate surface area is 331 Å². The summed E-state index contributed by atoms with van der Waals surface area (Å²) >= 11 is 1.99. The summed E-state index contributed by atoms with van der Waals surface area (Å²) in [5.41, 5.74) is 15.4.